The lowest BCUT2D eigenvalue weighted by molar-refractivity contribution is 0.1000. The van der Waals surface area contributed by atoms with Crippen LogP contribution in [0.4, 0.5) is 5.69 Å². The highest BCUT2D eigenvalue weighted by atomic mass is 32.2. The summed E-state index contributed by atoms with van der Waals surface area (Å²) in [6, 6.07) is 13.6. The van der Waals surface area contributed by atoms with Gasteiger partial charge in [0.25, 0.3) is 0 Å². The fourth-order valence-electron chi connectivity index (χ4n) is 2.91. The lowest BCUT2D eigenvalue weighted by Gasteiger charge is -2.35. The molecular formula is C19H22N4O3S2. The van der Waals surface area contributed by atoms with Gasteiger partial charge in [-0.1, -0.05) is 17.7 Å². The van der Waals surface area contributed by atoms with E-state index in [2.05, 4.69) is 5.32 Å². The van der Waals surface area contributed by atoms with Crippen LogP contribution in [0.15, 0.2) is 53.4 Å². The number of hydrogen-bond acceptors (Lipinski definition) is 4. The van der Waals surface area contributed by atoms with E-state index in [4.69, 9.17) is 18.0 Å². The van der Waals surface area contributed by atoms with Gasteiger partial charge in [-0.05, 0) is 55.5 Å². The zero-order chi connectivity index (χ0) is 20.3. The van der Waals surface area contributed by atoms with Crippen molar-refractivity contribution in [3.8, 4) is 0 Å². The normalized spacial score (nSPS) is 15.2. The number of amides is 1. The van der Waals surface area contributed by atoms with Crippen molar-refractivity contribution in [3.05, 3.63) is 59.7 Å². The summed E-state index contributed by atoms with van der Waals surface area (Å²) in [4.78, 5) is 13.3. The van der Waals surface area contributed by atoms with Gasteiger partial charge in [0, 0.05) is 37.4 Å². The van der Waals surface area contributed by atoms with Gasteiger partial charge >= 0.3 is 0 Å². The highest BCUT2D eigenvalue weighted by Crippen LogP contribution is 2.19. The Balaban J connectivity index is 1.61. The van der Waals surface area contributed by atoms with Crippen molar-refractivity contribution in [2.75, 3.05) is 31.5 Å². The van der Waals surface area contributed by atoms with E-state index >= 15 is 0 Å². The second-order valence-corrected chi connectivity index (χ2v) is 8.90. The molecule has 0 aliphatic carbocycles. The minimum Gasteiger partial charge on any atom is -0.366 e. The number of thiocarbonyl (C=S) groups is 1. The van der Waals surface area contributed by atoms with Gasteiger partial charge in [-0.2, -0.15) is 4.31 Å². The fraction of sp³-hybridized carbons (Fsp3) is 0.263. The van der Waals surface area contributed by atoms with Gasteiger partial charge in [-0.15, -0.1) is 0 Å². The van der Waals surface area contributed by atoms with Crippen LogP contribution in [0.5, 0.6) is 0 Å². The van der Waals surface area contributed by atoms with Crippen LogP contribution in [-0.2, 0) is 10.0 Å². The molecule has 1 saturated heterocycles. The Morgan fingerprint density at radius 3 is 2.11 bits per heavy atom. The van der Waals surface area contributed by atoms with E-state index in [1.54, 1.807) is 0 Å². The van der Waals surface area contributed by atoms with E-state index in [0.717, 1.165) is 5.69 Å². The summed E-state index contributed by atoms with van der Waals surface area (Å²) in [5, 5.41) is 3.76. The third kappa shape index (κ3) is 4.49. The number of nitrogens with zero attached hydrogens (tertiary/aromatic N) is 2. The summed E-state index contributed by atoms with van der Waals surface area (Å²) in [7, 11) is -3.63. The molecule has 0 atom stereocenters. The molecule has 2 aromatic rings. The van der Waals surface area contributed by atoms with Gasteiger partial charge in [-0.3, -0.25) is 4.79 Å². The highest BCUT2D eigenvalue weighted by Gasteiger charge is 2.29. The van der Waals surface area contributed by atoms with Crippen molar-refractivity contribution >= 4 is 38.9 Å². The number of nitrogens with two attached hydrogens (primary N) is 1. The van der Waals surface area contributed by atoms with E-state index in [0.29, 0.717) is 31.3 Å². The SMILES string of the molecule is Cc1ccc(NC(=S)N2CCN(S(=O)(=O)c3ccc(C(N)=O)cc3)CC2)cc1. The molecule has 1 aliphatic heterocycles. The number of hydrogen-bond donors (Lipinski definition) is 2. The van der Waals surface area contributed by atoms with E-state index in [1.165, 1.54) is 34.1 Å². The first kappa shape index (κ1) is 20.2. The van der Waals surface area contributed by atoms with Crippen LogP contribution >= 0.6 is 12.2 Å². The topological polar surface area (TPSA) is 95.7 Å². The average molecular weight is 419 g/mol. The lowest BCUT2D eigenvalue weighted by Crippen LogP contribution is -2.51. The Labute approximate surface area is 170 Å². The van der Waals surface area contributed by atoms with Crippen molar-refractivity contribution in [1.29, 1.82) is 0 Å². The maximum atomic E-state index is 12.8. The zero-order valence-electron chi connectivity index (χ0n) is 15.5. The summed E-state index contributed by atoms with van der Waals surface area (Å²) in [5.41, 5.74) is 7.54. The largest absolute Gasteiger partial charge is 0.366 e. The van der Waals surface area contributed by atoms with Crippen LogP contribution in [0.2, 0.25) is 0 Å². The molecule has 9 heteroatoms. The van der Waals surface area contributed by atoms with Gasteiger partial charge in [0.15, 0.2) is 5.11 Å². The summed E-state index contributed by atoms with van der Waals surface area (Å²) < 4.78 is 27.0. The molecule has 148 valence electrons. The standard InChI is InChI=1S/C19H22N4O3S2/c1-14-2-6-16(7-3-14)21-19(27)22-10-12-23(13-11-22)28(25,26)17-8-4-15(5-9-17)18(20)24/h2-9H,10-13H2,1H3,(H2,20,24)(H,21,27). The molecule has 1 aliphatic rings. The second-order valence-electron chi connectivity index (χ2n) is 6.58. The average Bonchev–Trinajstić information content (AvgIpc) is 2.70. The van der Waals surface area contributed by atoms with E-state index < -0.39 is 15.9 Å². The molecule has 7 nitrogen and oxygen atoms in total. The van der Waals surface area contributed by atoms with Crippen molar-refractivity contribution < 1.29 is 13.2 Å². The van der Waals surface area contributed by atoms with E-state index in [-0.39, 0.29) is 10.5 Å². The van der Waals surface area contributed by atoms with Crippen molar-refractivity contribution in [2.24, 2.45) is 5.73 Å². The number of nitrogens with one attached hydrogen (secondary N) is 1. The molecule has 0 aromatic heterocycles. The number of carbonyl (C=O) groups excluding carboxylic acids is 1. The first-order chi connectivity index (χ1) is 13.3. The number of benzene rings is 2. The molecule has 2 aromatic carbocycles. The summed E-state index contributed by atoms with van der Waals surface area (Å²) >= 11 is 5.46. The van der Waals surface area contributed by atoms with Gasteiger partial charge in [0.1, 0.15) is 0 Å². The second kappa shape index (κ2) is 8.26. The Morgan fingerprint density at radius 2 is 1.57 bits per heavy atom. The zero-order valence-corrected chi connectivity index (χ0v) is 17.1. The number of primary amides is 1. The predicted molar refractivity (Wildman–Crippen MR) is 113 cm³/mol. The van der Waals surface area contributed by atoms with Crippen molar-refractivity contribution in [3.63, 3.8) is 0 Å². The quantitative estimate of drug-likeness (QED) is 0.735. The molecule has 0 bridgehead atoms. The molecule has 3 N–H and O–H groups in total. The number of aryl methyl sites for hydroxylation is 1. The maximum Gasteiger partial charge on any atom is 0.248 e. The van der Waals surface area contributed by atoms with Gasteiger partial charge < -0.3 is 16.0 Å². The third-order valence-corrected chi connectivity index (χ3v) is 6.88. The Kier molecular flexibility index (Phi) is 5.97. The summed E-state index contributed by atoms with van der Waals surface area (Å²) in [6.07, 6.45) is 0. The molecule has 3 rings (SSSR count). The van der Waals surface area contributed by atoms with Crippen molar-refractivity contribution in [2.45, 2.75) is 11.8 Å². The third-order valence-electron chi connectivity index (χ3n) is 4.61. The molecular weight excluding hydrogens is 396 g/mol. The Morgan fingerprint density at radius 1 is 1.00 bits per heavy atom. The first-order valence-electron chi connectivity index (χ1n) is 8.80. The maximum absolute atomic E-state index is 12.8. The number of carbonyl (C=O) groups is 1. The van der Waals surface area contributed by atoms with Crippen molar-refractivity contribution in [1.82, 2.24) is 9.21 Å². The number of rotatable bonds is 4. The van der Waals surface area contributed by atoms with Gasteiger partial charge in [0.05, 0.1) is 4.90 Å². The number of anilines is 1. The van der Waals surface area contributed by atoms with Crippen LogP contribution in [0.1, 0.15) is 15.9 Å². The smallest absolute Gasteiger partial charge is 0.248 e. The van der Waals surface area contributed by atoms with E-state index in [1.807, 2.05) is 36.1 Å². The molecule has 0 unspecified atom stereocenters. The lowest BCUT2D eigenvalue weighted by atomic mass is 10.2. The molecule has 0 spiro atoms. The molecule has 0 saturated carbocycles. The first-order valence-corrected chi connectivity index (χ1v) is 10.6. The van der Waals surface area contributed by atoms with Crippen LogP contribution in [0, 0.1) is 6.92 Å². The Bertz CT molecular complexity index is 965. The molecule has 28 heavy (non-hydrogen) atoms. The minimum absolute atomic E-state index is 0.145. The van der Waals surface area contributed by atoms with Gasteiger partial charge in [-0.25, -0.2) is 8.42 Å². The van der Waals surface area contributed by atoms with Crippen LogP contribution in [0.25, 0.3) is 0 Å². The predicted octanol–water partition coefficient (Wildman–Crippen LogP) is 1.80. The summed E-state index contributed by atoms with van der Waals surface area (Å²) in [6.45, 7) is 3.67. The fourth-order valence-corrected chi connectivity index (χ4v) is 4.63. The molecule has 1 fully saturated rings. The van der Waals surface area contributed by atoms with Crippen LogP contribution in [0.3, 0.4) is 0 Å². The van der Waals surface area contributed by atoms with E-state index in [9.17, 15) is 13.2 Å². The molecule has 0 radical (unpaired) electrons. The number of piperazine rings is 1. The van der Waals surface area contributed by atoms with Gasteiger partial charge in [0.2, 0.25) is 15.9 Å². The molecule has 1 heterocycles. The monoisotopic (exact) mass is 418 g/mol. The molecule has 1 amide bonds. The Hall–Kier alpha value is -2.49. The van der Waals surface area contributed by atoms with Crippen LogP contribution < -0.4 is 11.1 Å². The highest BCUT2D eigenvalue weighted by molar-refractivity contribution is 7.89. The summed E-state index contributed by atoms with van der Waals surface area (Å²) in [5.74, 6) is -0.591. The van der Waals surface area contributed by atoms with Crippen LogP contribution in [-0.4, -0.2) is 54.8 Å². The number of sulfonamides is 1. The minimum atomic E-state index is -3.63.